The molecule has 6 heteroatoms. The monoisotopic (exact) mass is 374 g/mol. The van der Waals surface area contributed by atoms with Crippen molar-refractivity contribution in [2.45, 2.75) is 64.6 Å². The summed E-state index contributed by atoms with van der Waals surface area (Å²) >= 11 is 0. The van der Waals surface area contributed by atoms with Crippen LogP contribution in [0.3, 0.4) is 0 Å². The molecule has 0 radical (unpaired) electrons. The first-order chi connectivity index (χ1) is 12.6. The molecule has 0 aliphatic carbocycles. The van der Waals surface area contributed by atoms with Crippen molar-refractivity contribution in [1.82, 2.24) is 0 Å². The van der Waals surface area contributed by atoms with Gasteiger partial charge in [0.15, 0.2) is 5.60 Å². The summed E-state index contributed by atoms with van der Waals surface area (Å²) in [7, 11) is 1.55. The first-order valence-electron chi connectivity index (χ1n) is 9.34. The summed E-state index contributed by atoms with van der Waals surface area (Å²) in [6.07, 6.45) is 4.71. The van der Waals surface area contributed by atoms with E-state index in [2.05, 4.69) is 0 Å². The summed E-state index contributed by atoms with van der Waals surface area (Å²) in [4.78, 5) is 25.8. The molecule has 6 atom stereocenters. The Morgan fingerprint density at radius 2 is 2.04 bits per heavy atom. The van der Waals surface area contributed by atoms with Gasteiger partial charge < -0.3 is 18.9 Å². The van der Waals surface area contributed by atoms with E-state index in [0.29, 0.717) is 12.2 Å². The molecule has 6 unspecified atom stereocenters. The number of carbonyl (C=O) groups is 2. The SMILES string of the molecule is CC=C(C)C1(OC)OC2CC3(C)OC(=CC3=O)C(C)=CC3OC(=O)C1(C)C32. The van der Waals surface area contributed by atoms with Crippen LogP contribution in [0, 0.1) is 11.3 Å². The van der Waals surface area contributed by atoms with Gasteiger partial charge in [-0.1, -0.05) is 6.08 Å². The minimum atomic E-state index is -1.24. The number of hydrogen-bond donors (Lipinski definition) is 0. The number of carbonyl (C=O) groups excluding carboxylic acids is 2. The Labute approximate surface area is 159 Å². The van der Waals surface area contributed by atoms with Crippen molar-refractivity contribution in [3.63, 3.8) is 0 Å². The van der Waals surface area contributed by atoms with Gasteiger partial charge in [0.05, 0.1) is 6.10 Å². The predicted molar refractivity (Wildman–Crippen MR) is 96.5 cm³/mol. The van der Waals surface area contributed by atoms with Crippen molar-refractivity contribution in [3.8, 4) is 0 Å². The molecule has 4 aliphatic heterocycles. The van der Waals surface area contributed by atoms with Crippen LogP contribution < -0.4 is 0 Å². The molecule has 0 aromatic carbocycles. The van der Waals surface area contributed by atoms with Crippen LogP contribution in [0.1, 0.15) is 41.0 Å². The second-order valence-electron chi connectivity index (χ2n) is 8.31. The molecule has 0 spiro atoms. The normalized spacial score (nSPS) is 46.0. The van der Waals surface area contributed by atoms with E-state index in [1.54, 1.807) is 14.0 Å². The third kappa shape index (κ3) is 2.08. The highest BCUT2D eigenvalue weighted by molar-refractivity contribution is 6.00. The van der Waals surface area contributed by atoms with Gasteiger partial charge in [-0.15, -0.1) is 0 Å². The van der Waals surface area contributed by atoms with Crippen molar-refractivity contribution in [2.24, 2.45) is 11.3 Å². The van der Waals surface area contributed by atoms with Gasteiger partial charge in [-0.2, -0.15) is 0 Å². The Bertz CT molecular complexity index is 823. The van der Waals surface area contributed by atoms with E-state index in [1.807, 2.05) is 39.8 Å². The Morgan fingerprint density at radius 1 is 1.33 bits per heavy atom. The second-order valence-corrected chi connectivity index (χ2v) is 8.31. The largest absolute Gasteiger partial charge is 0.479 e. The lowest BCUT2D eigenvalue weighted by molar-refractivity contribution is -0.234. The molecule has 2 fully saturated rings. The number of ketones is 1. The lowest BCUT2D eigenvalue weighted by atomic mass is 9.67. The maximum Gasteiger partial charge on any atom is 0.318 e. The Balaban J connectivity index is 1.92. The smallest absolute Gasteiger partial charge is 0.318 e. The molecule has 4 aliphatic rings. The third-order valence-electron chi connectivity index (χ3n) is 6.84. The lowest BCUT2D eigenvalue weighted by Gasteiger charge is -2.38. The molecule has 2 bridgehead atoms. The van der Waals surface area contributed by atoms with E-state index in [9.17, 15) is 9.59 Å². The molecule has 146 valence electrons. The van der Waals surface area contributed by atoms with Crippen LogP contribution in [0.2, 0.25) is 0 Å². The fourth-order valence-corrected chi connectivity index (χ4v) is 5.19. The summed E-state index contributed by atoms with van der Waals surface area (Å²) in [6, 6.07) is 0. The van der Waals surface area contributed by atoms with Gasteiger partial charge in [-0.05, 0) is 51.8 Å². The van der Waals surface area contributed by atoms with Gasteiger partial charge in [0.2, 0.25) is 11.6 Å². The first kappa shape index (κ1) is 18.4. The fourth-order valence-electron chi connectivity index (χ4n) is 5.19. The number of ether oxygens (including phenoxy) is 4. The van der Waals surface area contributed by atoms with Crippen LogP contribution >= 0.6 is 0 Å². The van der Waals surface area contributed by atoms with E-state index in [-0.39, 0.29) is 17.7 Å². The minimum Gasteiger partial charge on any atom is -0.479 e. The zero-order chi connectivity index (χ0) is 19.8. The van der Waals surface area contributed by atoms with Gasteiger partial charge in [0, 0.05) is 25.5 Å². The number of methoxy groups -OCH3 is 1. The molecule has 4 rings (SSSR count). The van der Waals surface area contributed by atoms with Crippen LogP contribution in [-0.2, 0) is 28.5 Å². The fraction of sp³-hybridized carbons (Fsp3) is 0.619. The summed E-state index contributed by atoms with van der Waals surface area (Å²) in [5.74, 6) is -1.42. The van der Waals surface area contributed by atoms with Gasteiger partial charge in [0.1, 0.15) is 17.3 Å². The van der Waals surface area contributed by atoms with E-state index in [4.69, 9.17) is 18.9 Å². The number of esters is 1. The highest BCUT2D eigenvalue weighted by Gasteiger charge is 2.75. The molecule has 0 aromatic heterocycles. The minimum absolute atomic E-state index is 0.0862. The van der Waals surface area contributed by atoms with Crippen LogP contribution in [0.5, 0.6) is 0 Å². The highest BCUT2D eigenvalue weighted by Crippen LogP contribution is 2.62. The van der Waals surface area contributed by atoms with Gasteiger partial charge >= 0.3 is 5.97 Å². The van der Waals surface area contributed by atoms with Crippen molar-refractivity contribution in [3.05, 3.63) is 35.1 Å². The van der Waals surface area contributed by atoms with Crippen LogP contribution in [0.25, 0.3) is 0 Å². The lowest BCUT2D eigenvalue weighted by Crippen LogP contribution is -2.51. The third-order valence-corrected chi connectivity index (χ3v) is 6.84. The van der Waals surface area contributed by atoms with E-state index in [0.717, 1.165) is 11.1 Å². The Hall–Kier alpha value is -1.92. The standard InChI is InChI=1S/C21H26O6/c1-7-12(3)21(24-6)20(5)17-14(25-18(20)23)8-11(2)13-9-16(22)19(4,26-13)10-15(17)27-21/h7-9,14-15,17H,10H2,1-6H3. The molecule has 0 amide bonds. The van der Waals surface area contributed by atoms with E-state index >= 15 is 0 Å². The van der Waals surface area contributed by atoms with Crippen LogP contribution in [0.4, 0.5) is 0 Å². The first-order valence-corrected chi connectivity index (χ1v) is 9.34. The molecule has 2 saturated heterocycles. The topological polar surface area (TPSA) is 71.1 Å². The number of rotatable bonds is 2. The van der Waals surface area contributed by atoms with Crippen molar-refractivity contribution in [2.75, 3.05) is 7.11 Å². The van der Waals surface area contributed by atoms with Crippen LogP contribution in [0.15, 0.2) is 35.1 Å². The Kier molecular flexibility index (Phi) is 3.79. The number of fused-ring (bicyclic) bond motifs is 2. The maximum atomic E-state index is 13.1. The molecule has 0 N–H and O–H groups in total. The average molecular weight is 374 g/mol. The summed E-state index contributed by atoms with van der Waals surface area (Å²) in [5.41, 5.74) is -0.461. The number of hydrogen-bond acceptors (Lipinski definition) is 6. The zero-order valence-electron chi connectivity index (χ0n) is 16.6. The van der Waals surface area contributed by atoms with E-state index < -0.39 is 29.0 Å². The zero-order valence-corrected chi connectivity index (χ0v) is 16.6. The maximum absolute atomic E-state index is 13.1. The van der Waals surface area contributed by atoms with Crippen LogP contribution in [-0.4, -0.2) is 42.5 Å². The molecule has 0 aromatic rings. The Morgan fingerprint density at radius 3 is 2.67 bits per heavy atom. The molecule has 27 heavy (non-hydrogen) atoms. The van der Waals surface area contributed by atoms with Gasteiger partial charge in [-0.25, -0.2) is 0 Å². The molecule has 4 heterocycles. The van der Waals surface area contributed by atoms with Crippen molar-refractivity contribution >= 4 is 11.8 Å². The average Bonchev–Trinajstić information content (AvgIpc) is 3.16. The molecular weight excluding hydrogens is 348 g/mol. The molecule has 6 nitrogen and oxygen atoms in total. The highest BCUT2D eigenvalue weighted by atomic mass is 16.7. The quantitative estimate of drug-likeness (QED) is 0.547. The molecule has 0 saturated carbocycles. The summed E-state index contributed by atoms with van der Waals surface area (Å²) in [6.45, 7) is 9.27. The number of allylic oxidation sites excluding steroid dienone is 2. The van der Waals surface area contributed by atoms with E-state index in [1.165, 1.54) is 6.08 Å². The summed E-state index contributed by atoms with van der Waals surface area (Å²) < 4.78 is 24.2. The molecular formula is C21H26O6. The predicted octanol–water partition coefficient (Wildman–Crippen LogP) is 2.83. The van der Waals surface area contributed by atoms with Crippen molar-refractivity contribution < 1.29 is 28.5 Å². The second kappa shape index (κ2) is 5.55. The summed E-state index contributed by atoms with van der Waals surface area (Å²) in [5, 5.41) is 0. The van der Waals surface area contributed by atoms with Crippen molar-refractivity contribution in [1.29, 1.82) is 0 Å². The van der Waals surface area contributed by atoms with Gasteiger partial charge in [0.25, 0.3) is 0 Å². The van der Waals surface area contributed by atoms with Gasteiger partial charge in [-0.3, -0.25) is 9.59 Å².